The first kappa shape index (κ1) is 17.3. The Morgan fingerprint density at radius 2 is 2.08 bits per heavy atom. The standard InChI is InChI=1S/C18H23F3N2O/c1-12(22)13-4-3-9-23(11-13)16(24)17(7-8-17)14-5-2-6-15(10-14)18(19,20)21/h2,5-6,10,12-13H,3-4,7-9,11,22H2,1H3. The average Bonchev–Trinajstić information content (AvgIpc) is 3.35. The Morgan fingerprint density at radius 3 is 2.67 bits per heavy atom. The molecule has 1 heterocycles. The summed E-state index contributed by atoms with van der Waals surface area (Å²) in [6, 6.07) is 5.25. The first-order valence-corrected chi connectivity index (χ1v) is 8.47. The molecule has 24 heavy (non-hydrogen) atoms. The SMILES string of the molecule is CC(N)C1CCCN(C(=O)C2(c3cccc(C(F)(F)F)c3)CC2)C1. The number of alkyl halides is 3. The number of hydrogen-bond donors (Lipinski definition) is 1. The van der Waals surface area contributed by atoms with Crippen LogP contribution in [0.2, 0.25) is 0 Å². The fourth-order valence-electron chi connectivity index (χ4n) is 3.67. The molecule has 1 saturated carbocycles. The summed E-state index contributed by atoms with van der Waals surface area (Å²) in [6.07, 6.45) is -1.26. The van der Waals surface area contributed by atoms with E-state index >= 15 is 0 Å². The molecule has 0 radical (unpaired) electrons. The molecule has 1 aromatic rings. The molecule has 1 saturated heterocycles. The van der Waals surface area contributed by atoms with Crippen molar-refractivity contribution in [3.8, 4) is 0 Å². The summed E-state index contributed by atoms with van der Waals surface area (Å²) in [5.41, 5.74) is 5.01. The van der Waals surface area contributed by atoms with Crippen LogP contribution in [0.15, 0.2) is 24.3 Å². The second kappa shape index (κ2) is 6.06. The largest absolute Gasteiger partial charge is 0.416 e. The van der Waals surface area contributed by atoms with Crippen molar-refractivity contribution >= 4 is 5.91 Å². The Labute approximate surface area is 140 Å². The number of likely N-dealkylation sites (tertiary alicyclic amines) is 1. The number of carbonyl (C=O) groups excluding carboxylic acids is 1. The van der Waals surface area contributed by atoms with Gasteiger partial charge in [-0.3, -0.25) is 4.79 Å². The molecule has 0 aromatic heterocycles. The average molecular weight is 340 g/mol. The first-order chi connectivity index (χ1) is 11.2. The molecule has 3 nitrogen and oxygen atoms in total. The fraction of sp³-hybridized carbons (Fsp3) is 0.611. The topological polar surface area (TPSA) is 46.3 Å². The number of piperidine rings is 1. The number of nitrogens with two attached hydrogens (primary N) is 1. The Bertz CT molecular complexity index is 623. The van der Waals surface area contributed by atoms with Crippen LogP contribution in [0.4, 0.5) is 13.2 Å². The fourth-order valence-corrected chi connectivity index (χ4v) is 3.67. The van der Waals surface area contributed by atoms with Gasteiger partial charge in [0, 0.05) is 19.1 Å². The number of halogens is 3. The van der Waals surface area contributed by atoms with Crippen LogP contribution in [-0.4, -0.2) is 29.9 Å². The third-order valence-electron chi connectivity index (χ3n) is 5.39. The quantitative estimate of drug-likeness (QED) is 0.917. The van der Waals surface area contributed by atoms with Crippen LogP contribution in [0.5, 0.6) is 0 Å². The molecule has 0 bridgehead atoms. The maximum atomic E-state index is 13.0. The highest BCUT2D eigenvalue weighted by atomic mass is 19.4. The van der Waals surface area contributed by atoms with Crippen molar-refractivity contribution in [2.45, 2.75) is 50.2 Å². The lowest BCUT2D eigenvalue weighted by atomic mass is 9.88. The molecule has 132 valence electrons. The first-order valence-electron chi connectivity index (χ1n) is 8.47. The van der Waals surface area contributed by atoms with E-state index < -0.39 is 17.2 Å². The number of amides is 1. The molecular weight excluding hydrogens is 317 g/mol. The molecule has 1 amide bonds. The van der Waals surface area contributed by atoms with Crippen LogP contribution in [0.3, 0.4) is 0 Å². The normalized spacial score (nSPS) is 24.5. The molecule has 2 unspecified atom stereocenters. The van der Waals surface area contributed by atoms with Crippen LogP contribution in [0.25, 0.3) is 0 Å². The van der Waals surface area contributed by atoms with E-state index in [9.17, 15) is 18.0 Å². The van der Waals surface area contributed by atoms with E-state index in [2.05, 4.69) is 0 Å². The van der Waals surface area contributed by atoms with E-state index in [-0.39, 0.29) is 17.9 Å². The van der Waals surface area contributed by atoms with E-state index in [0.717, 1.165) is 25.0 Å². The number of rotatable bonds is 3. The van der Waals surface area contributed by atoms with Gasteiger partial charge in [-0.05, 0) is 50.2 Å². The Hall–Kier alpha value is -1.56. The molecule has 3 rings (SSSR count). The zero-order valence-corrected chi connectivity index (χ0v) is 13.8. The summed E-state index contributed by atoms with van der Waals surface area (Å²) in [7, 11) is 0. The summed E-state index contributed by atoms with van der Waals surface area (Å²) in [5, 5.41) is 0. The number of carbonyl (C=O) groups is 1. The monoisotopic (exact) mass is 340 g/mol. The van der Waals surface area contributed by atoms with Crippen molar-refractivity contribution in [2.75, 3.05) is 13.1 Å². The lowest BCUT2D eigenvalue weighted by Crippen LogP contribution is -2.48. The Morgan fingerprint density at radius 1 is 1.38 bits per heavy atom. The van der Waals surface area contributed by atoms with E-state index in [1.165, 1.54) is 6.07 Å². The smallest absolute Gasteiger partial charge is 0.342 e. The van der Waals surface area contributed by atoms with E-state index in [4.69, 9.17) is 5.73 Å². The summed E-state index contributed by atoms with van der Waals surface area (Å²) in [4.78, 5) is 14.8. The predicted molar refractivity (Wildman–Crippen MR) is 85.3 cm³/mol. The Balaban J connectivity index is 1.82. The number of hydrogen-bond acceptors (Lipinski definition) is 2. The molecule has 6 heteroatoms. The van der Waals surface area contributed by atoms with Crippen LogP contribution in [-0.2, 0) is 16.4 Å². The summed E-state index contributed by atoms with van der Waals surface area (Å²) < 4.78 is 38.9. The summed E-state index contributed by atoms with van der Waals surface area (Å²) >= 11 is 0. The van der Waals surface area contributed by atoms with Crippen molar-refractivity contribution in [1.29, 1.82) is 0 Å². The van der Waals surface area contributed by atoms with Gasteiger partial charge in [0.1, 0.15) is 0 Å². The van der Waals surface area contributed by atoms with Gasteiger partial charge in [0.15, 0.2) is 0 Å². The van der Waals surface area contributed by atoms with E-state index in [1.807, 2.05) is 11.8 Å². The van der Waals surface area contributed by atoms with Crippen molar-refractivity contribution in [1.82, 2.24) is 4.90 Å². The molecule has 2 aliphatic rings. The van der Waals surface area contributed by atoms with Gasteiger partial charge in [0.05, 0.1) is 11.0 Å². The highest BCUT2D eigenvalue weighted by molar-refractivity contribution is 5.91. The molecule has 1 aromatic carbocycles. The second-order valence-corrected chi connectivity index (χ2v) is 7.17. The van der Waals surface area contributed by atoms with E-state index in [0.29, 0.717) is 31.5 Å². The lowest BCUT2D eigenvalue weighted by Gasteiger charge is -2.37. The number of nitrogens with zero attached hydrogens (tertiary/aromatic N) is 1. The minimum Gasteiger partial charge on any atom is -0.342 e. The molecule has 1 aliphatic carbocycles. The van der Waals surface area contributed by atoms with Gasteiger partial charge in [-0.2, -0.15) is 13.2 Å². The maximum Gasteiger partial charge on any atom is 0.416 e. The molecule has 1 aliphatic heterocycles. The van der Waals surface area contributed by atoms with Crippen molar-refractivity contribution in [2.24, 2.45) is 11.7 Å². The molecular formula is C18H23F3N2O. The van der Waals surface area contributed by atoms with Crippen LogP contribution in [0, 0.1) is 5.92 Å². The minimum atomic E-state index is -4.39. The van der Waals surface area contributed by atoms with Crippen LogP contribution < -0.4 is 5.73 Å². The Kier molecular flexibility index (Phi) is 4.36. The zero-order chi connectivity index (χ0) is 17.5. The number of benzene rings is 1. The maximum absolute atomic E-state index is 13.0. The molecule has 2 fully saturated rings. The third-order valence-corrected chi connectivity index (χ3v) is 5.39. The van der Waals surface area contributed by atoms with Crippen molar-refractivity contribution < 1.29 is 18.0 Å². The van der Waals surface area contributed by atoms with Gasteiger partial charge >= 0.3 is 6.18 Å². The second-order valence-electron chi connectivity index (χ2n) is 7.17. The molecule has 2 atom stereocenters. The summed E-state index contributed by atoms with van der Waals surface area (Å²) in [5.74, 6) is 0.229. The van der Waals surface area contributed by atoms with Gasteiger partial charge < -0.3 is 10.6 Å². The zero-order valence-electron chi connectivity index (χ0n) is 13.8. The van der Waals surface area contributed by atoms with Crippen molar-refractivity contribution in [3.05, 3.63) is 35.4 Å². The summed E-state index contributed by atoms with van der Waals surface area (Å²) in [6.45, 7) is 3.22. The van der Waals surface area contributed by atoms with Gasteiger partial charge in [-0.1, -0.05) is 18.2 Å². The highest BCUT2D eigenvalue weighted by Gasteiger charge is 2.53. The third kappa shape index (κ3) is 3.16. The van der Waals surface area contributed by atoms with Crippen LogP contribution >= 0.6 is 0 Å². The van der Waals surface area contributed by atoms with Gasteiger partial charge in [-0.15, -0.1) is 0 Å². The minimum absolute atomic E-state index is 0.0179. The predicted octanol–water partition coefficient (Wildman–Crippen LogP) is 3.32. The van der Waals surface area contributed by atoms with Gasteiger partial charge in [0.2, 0.25) is 5.91 Å². The molecule has 2 N–H and O–H groups in total. The van der Waals surface area contributed by atoms with E-state index in [1.54, 1.807) is 6.07 Å². The molecule has 0 spiro atoms. The van der Waals surface area contributed by atoms with Crippen molar-refractivity contribution in [3.63, 3.8) is 0 Å². The van der Waals surface area contributed by atoms with Gasteiger partial charge in [0.25, 0.3) is 0 Å². The van der Waals surface area contributed by atoms with Gasteiger partial charge in [-0.25, -0.2) is 0 Å². The highest BCUT2D eigenvalue weighted by Crippen LogP contribution is 2.50. The lowest BCUT2D eigenvalue weighted by molar-refractivity contribution is -0.138. The van der Waals surface area contributed by atoms with Crippen LogP contribution in [0.1, 0.15) is 43.7 Å².